The molecule has 1 aromatic rings. The summed E-state index contributed by atoms with van der Waals surface area (Å²) in [7, 11) is 0. The predicted molar refractivity (Wildman–Crippen MR) is 90.0 cm³/mol. The van der Waals surface area contributed by atoms with Crippen LogP contribution in [0, 0.1) is 0 Å². The van der Waals surface area contributed by atoms with Crippen LogP contribution >= 0.6 is 0 Å². The van der Waals surface area contributed by atoms with Gasteiger partial charge in [-0.2, -0.15) is 0 Å². The van der Waals surface area contributed by atoms with Crippen molar-refractivity contribution in [1.29, 1.82) is 0 Å². The fourth-order valence-electron chi connectivity index (χ4n) is 4.43. The van der Waals surface area contributed by atoms with Crippen molar-refractivity contribution >= 4 is 13.3 Å². The molecular weight excluding hydrogens is 303 g/mol. The predicted octanol–water partition coefficient (Wildman–Crippen LogP) is 4.57. The Hall–Kier alpha value is -0.277. The van der Waals surface area contributed by atoms with E-state index in [4.69, 9.17) is 0 Å². The molecule has 0 unspecified atom stereocenters. The Labute approximate surface area is 127 Å². The summed E-state index contributed by atoms with van der Waals surface area (Å²) in [5.41, 5.74) is 1.55. The molecule has 110 valence electrons. The van der Waals surface area contributed by atoms with Crippen LogP contribution in [0.4, 0.5) is 0 Å². The van der Waals surface area contributed by atoms with E-state index in [1.165, 1.54) is 51.7 Å². The van der Waals surface area contributed by atoms with Crippen molar-refractivity contribution in [1.82, 2.24) is 4.90 Å². The first-order chi connectivity index (χ1) is 9.86. The third-order valence-electron chi connectivity index (χ3n) is 5.56. The second-order valence-corrected chi connectivity index (χ2v) is 17.5. The zero-order chi connectivity index (χ0) is 13.7. The van der Waals surface area contributed by atoms with Gasteiger partial charge >= 0.3 is 127 Å². The van der Waals surface area contributed by atoms with Crippen LogP contribution < -0.4 is 0 Å². The third-order valence-corrected chi connectivity index (χ3v) is 17.4. The van der Waals surface area contributed by atoms with Crippen LogP contribution in [0.5, 0.6) is 0 Å². The van der Waals surface area contributed by atoms with Crippen molar-refractivity contribution in [2.45, 2.75) is 53.1 Å². The third kappa shape index (κ3) is 3.88. The topological polar surface area (TPSA) is 3.24 Å². The first kappa shape index (κ1) is 14.7. The Bertz CT molecular complexity index is 377. The summed E-state index contributed by atoms with van der Waals surface area (Å²) >= 11 is -1.47. The number of benzene rings is 1. The van der Waals surface area contributed by atoms with Crippen LogP contribution in [-0.4, -0.2) is 37.8 Å². The Balaban J connectivity index is 1.56. The number of nitrogens with zero attached hydrogens (tertiary/aromatic N) is 1. The molecule has 2 bridgehead atoms. The van der Waals surface area contributed by atoms with Crippen LogP contribution in [-0.2, 0) is 6.42 Å². The van der Waals surface area contributed by atoms with Gasteiger partial charge in [0, 0.05) is 0 Å². The number of rotatable bonds is 4. The van der Waals surface area contributed by atoms with E-state index in [1.54, 1.807) is 26.6 Å². The molecule has 0 saturated carbocycles. The van der Waals surface area contributed by atoms with Crippen molar-refractivity contribution in [3.05, 3.63) is 35.9 Å². The van der Waals surface area contributed by atoms with Gasteiger partial charge in [0.2, 0.25) is 0 Å². The summed E-state index contributed by atoms with van der Waals surface area (Å²) in [5, 5.41) is 6.66. The number of aryl methyl sites for hydroxylation is 1. The summed E-state index contributed by atoms with van der Waals surface area (Å²) in [4.78, 5) is 2.73. The van der Waals surface area contributed by atoms with Gasteiger partial charge in [-0.05, 0) is 0 Å². The van der Waals surface area contributed by atoms with Crippen LogP contribution in [0.2, 0.25) is 21.0 Å². The molecule has 0 aromatic heterocycles. The summed E-state index contributed by atoms with van der Waals surface area (Å²) < 4.78 is 0. The van der Waals surface area contributed by atoms with Crippen LogP contribution in [0.15, 0.2) is 30.3 Å². The van der Waals surface area contributed by atoms with E-state index < -0.39 is 13.3 Å². The zero-order valence-electron chi connectivity index (χ0n) is 12.8. The number of hydrogen-bond acceptors (Lipinski definition) is 1. The minimum absolute atomic E-state index is 1.32. The van der Waals surface area contributed by atoms with Crippen molar-refractivity contribution in [3.8, 4) is 0 Å². The zero-order valence-corrected chi connectivity index (χ0v) is 14.9. The Morgan fingerprint density at radius 3 is 2.05 bits per heavy atom. The van der Waals surface area contributed by atoms with E-state index in [2.05, 4.69) is 35.2 Å². The van der Waals surface area contributed by atoms with Gasteiger partial charge in [0.15, 0.2) is 0 Å². The Morgan fingerprint density at radius 2 is 1.45 bits per heavy atom. The molecule has 0 N–H and O–H groups in total. The molecule has 3 aliphatic heterocycles. The summed E-state index contributed by atoms with van der Waals surface area (Å²) in [5.74, 6) is 0. The van der Waals surface area contributed by atoms with Gasteiger partial charge in [-0.3, -0.25) is 0 Å². The van der Waals surface area contributed by atoms with E-state index in [0.29, 0.717) is 0 Å². The molecule has 0 amide bonds. The van der Waals surface area contributed by atoms with Gasteiger partial charge in [-0.1, -0.05) is 0 Å². The number of hydrogen-bond donors (Lipinski definition) is 0. The summed E-state index contributed by atoms with van der Waals surface area (Å²) in [6.45, 7) is 4.23. The van der Waals surface area contributed by atoms with Gasteiger partial charge in [-0.25, -0.2) is 0 Å². The molecule has 3 fully saturated rings. The molecular formula is C18H29GeN. The quantitative estimate of drug-likeness (QED) is 0.730. The molecule has 0 aliphatic carbocycles. The molecule has 3 aliphatic rings. The van der Waals surface area contributed by atoms with Gasteiger partial charge in [0.1, 0.15) is 0 Å². The standard InChI is InChI=1S/C18H29GeN/c1-2-8-18(9-3-1)10-4-11-19-12-5-15-20(16-6-13-19)17-7-14-19/h1-3,8-9H,4-7,10-17H2. The van der Waals surface area contributed by atoms with Crippen molar-refractivity contribution in [2.75, 3.05) is 19.6 Å². The van der Waals surface area contributed by atoms with E-state index in [9.17, 15) is 0 Å². The second kappa shape index (κ2) is 7.13. The molecule has 20 heavy (non-hydrogen) atoms. The molecule has 3 saturated heterocycles. The molecule has 1 nitrogen and oxygen atoms in total. The minimum atomic E-state index is -1.47. The average Bonchev–Trinajstić information content (AvgIpc) is 2.40. The first-order valence-corrected chi connectivity index (χ1v) is 14.6. The van der Waals surface area contributed by atoms with Crippen LogP contribution in [0.1, 0.15) is 31.2 Å². The normalized spacial score (nSPS) is 30.5. The molecule has 4 rings (SSSR count). The first-order valence-electron chi connectivity index (χ1n) is 8.63. The van der Waals surface area contributed by atoms with E-state index >= 15 is 0 Å². The molecule has 3 heterocycles. The summed E-state index contributed by atoms with van der Waals surface area (Å²) in [6.07, 6.45) is 7.34. The van der Waals surface area contributed by atoms with Gasteiger partial charge in [0.25, 0.3) is 0 Å². The van der Waals surface area contributed by atoms with E-state index in [-0.39, 0.29) is 0 Å². The monoisotopic (exact) mass is 333 g/mol. The van der Waals surface area contributed by atoms with Gasteiger partial charge in [0.05, 0.1) is 0 Å². The van der Waals surface area contributed by atoms with Gasteiger partial charge < -0.3 is 0 Å². The Morgan fingerprint density at radius 1 is 0.850 bits per heavy atom. The molecule has 0 spiro atoms. The maximum atomic E-state index is 2.73. The molecule has 0 atom stereocenters. The molecule has 2 heteroatoms. The SMILES string of the molecule is c1ccc(CC[CH2][Ge]23[CH2]CCN(CC[CH2]2)CC[CH2]3)cc1. The summed E-state index contributed by atoms with van der Waals surface area (Å²) in [6, 6.07) is 11.1. The maximum absolute atomic E-state index is 2.73. The fraction of sp³-hybridized carbons (Fsp3) is 0.667. The molecule has 1 aromatic carbocycles. The number of fused-ring (bicyclic) bond motifs is 6. The average molecular weight is 332 g/mol. The van der Waals surface area contributed by atoms with Gasteiger partial charge in [-0.15, -0.1) is 0 Å². The second-order valence-electron chi connectivity index (χ2n) is 6.99. The van der Waals surface area contributed by atoms with E-state index in [1.807, 2.05) is 0 Å². The van der Waals surface area contributed by atoms with Crippen molar-refractivity contribution in [2.24, 2.45) is 0 Å². The van der Waals surface area contributed by atoms with E-state index in [0.717, 1.165) is 0 Å². The van der Waals surface area contributed by atoms with Crippen molar-refractivity contribution < 1.29 is 0 Å². The van der Waals surface area contributed by atoms with Crippen LogP contribution in [0.3, 0.4) is 0 Å². The Kier molecular flexibility index (Phi) is 5.22. The van der Waals surface area contributed by atoms with Crippen LogP contribution in [0.25, 0.3) is 0 Å². The fourth-order valence-corrected chi connectivity index (χ4v) is 15.2. The van der Waals surface area contributed by atoms with Crippen molar-refractivity contribution in [3.63, 3.8) is 0 Å². The molecule has 0 radical (unpaired) electrons.